The van der Waals surface area contributed by atoms with Crippen LogP contribution in [0, 0.1) is 11.8 Å². The summed E-state index contributed by atoms with van der Waals surface area (Å²) in [6.45, 7) is 0. The number of benzene rings is 1. The molecule has 2 bridgehead atoms. The maximum atomic E-state index is 6.37. The Morgan fingerprint density at radius 3 is 2.60 bits per heavy atom. The zero-order valence-corrected chi connectivity index (χ0v) is 15.6. The van der Waals surface area contributed by atoms with Crippen molar-refractivity contribution in [3.63, 3.8) is 0 Å². The monoisotopic (exact) mass is 385 g/mol. The molecule has 4 rings (SSSR count). The summed E-state index contributed by atoms with van der Waals surface area (Å²) in [4.78, 5) is 4.59. The first-order chi connectivity index (χ1) is 11.6. The molecule has 2 fully saturated rings. The third-order valence-corrected chi connectivity index (χ3v) is 5.68. The van der Waals surface area contributed by atoms with Crippen LogP contribution in [0.2, 0.25) is 5.02 Å². The third kappa shape index (κ3) is 2.96. The molecule has 8 heteroatoms. The summed E-state index contributed by atoms with van der Waals surface area (Å²) in [6, 6.07) is 3.66. The molecule has 0 saturated heterocycles. The van der Waals surface area contributed by atoms with Crippen LogP contribution in [0.1, 0.15) is 31.1 Å². The molecule has 2 aliphatic rings. The number of hydrogen-bond donors (Lipinski definition) is 1. The lowest BCUT2D eigenvalue weighted by molar-refractivity contribution is 0.279. The lowest BCUT2D eigenvalue weighted by Gasteiger charge is -2.24. The molecule has 1 heterocycles. The molecule has 4 unspecified atom stereocenters. The first-order valence-corrected chi connectivity index (χ1v) is 8.51. The van der Waals surface area contributed by atoms with Gasteiger partial charge in [0.25, 0.3) is 0 Å². The van der Waals surface area contributed by atoms with Crippen LogP contribution in [0.4, 0.5) is 0 Å². The zero-order chi connectivity index (χ0) is 16.8. The second kappa shape index (κ2) is 7.02. The van der Waals surface area contributed by atoms with Crippen LogP contribution >= 0.6 is 24.0 Å². The standard InChI is InChI=1S/C17H20ClN3O3.ClH/c1-22-12-7-10(6-11(18)15(12)23-2)16-20-17(24-21-16)13-8-3-4-9(5-8)14(13)19;/h6-9,13-14H,3-5,19H2,1-2H3;1H. The van der Waals surface area contributed by atoms with E-state index in [2.05, 4.69) is 10.1 Å². The van der Waals surface area contributed by atoms with Crippen LogP contribution < -0.4 is 15.2 Å². The fourth-order valence-corrected chi connectivity index (χ4v) is 4.52. The third-order valence-electron chi connectivity index (χ3n) is 5.40. The van der Waals surface area contributed by atoms with Crippen LogP contribution in [-0.4, -0.2) is 30.4 Å². The minimum Gasteiger partial charge on any atom is -0.493 e. The van der Waals surface area contributed by atoms with Gasteiger partial charge in [0.1, 0.15) is 0 Å². The smallest absolute Gasteiger partial charge is 0.231 e. The van der Waals surface area contributed by atoms with E-state index >= 15 is 0 Å². The summed E-state index contributed by atoms with van der Waals surface area (Å²) in [5.74, 6) is 3.46. The summed E-state index contributed by atoms with van der Waals surface area (Å²) < 4.78 is 16.1. The first kappa shape index (κ1) is 18.3. The van der Waals surface area contributed by atoms with Crippen molar-refractivity contribution >= 4 is 24.0 Å². The predicted molar refractivity (Wildman–Crippen MR) is 96.6 cm³/mol. The number of ether oxygens (including phenoxy) is 2. The van der Waals surface area contributed by atoms with E-state index < -0.39 is 0 Å². The SMILES string of the molecule is COc1cc(-c2noc(C3C4CCC(C4)C3N)n2)cc(Cl)c1OC.Cl. The molecular formula is C17H21Cl2N3O3. The Balaban J connectivity index is 0.00000182. The molecule has 0 aliphatic heterocycles. The molecule has 2 N–H and O–H groups in total. The van der Waals surface area contributed by atoms with E-state index in [4.69, 9.17) is 31.3 Å². The average Bonchev–Trinajstić information content (AvgIpc) is 3.29. The van der Waals surface area contributed by atoms with E-state index in [9.17, 15) is 0 Å². The second-order valence-electron chi connectivity index (χ2n) is 6.59. The Bertz CT molecular complexity index is 766. The molecule has 2 aromatic rings. The van der Waals surface area contributed by atoms with Gasteiger partial charge < -0.3 is 19.7 Å². The van der Waals surface area contributed by atoms with Crippen molar-refractivity contribution in [2.75, 3.05) is 14.2 Å². The highest BCUT2D eigenvalue weighted by molar-refractivity contribution is 6.32. The van der Waals surface area contributed by atoms with Gasteiger partial charge in [-0.15, -0.1) is 12.4 Å². The first-order valence-electron chi connectivity index (χ1n) is 8.13. The molecule has 0 radical (unpaired) electrons. The van der Waals surface area contributed by atoms with Gasteiger partial charge in [0.15, 0.2) is 11.5 Å². The van der Waals surface area contributed by atoms with Crippen molar-refractivity contribution in [1.29, 1.82) is 0 Å². The van der Waals surface area contributed by atoms with E-state index in [0.29, 0.717) is 40.1 Å². The Hall–Kier alpha value is -1.50. The van der Waals surface area contributed by atoms with E-state index in [0.717, 1.165) is 5.56 Å². The summed E-state index contributed by atoms with van der Waals surface area (Å²) >= 11 is 6.26. The van der Waals surface area contributed by atoms with E-state index in [1.165, 1.54) is 19.3 Å². The Morgan fingerprint density at radius 2 is 1.96 bits per heavy atom. The number of nitrogens with two attached hydrogens (primary N) is 1. The number of nitrogens with zero attached hydrogens (tertiary/aromatic N) is 2. The van der Waals surface area contributed by atoms with Gasteiger partial charge in [-0.05, 0) is 43.2 Å². The fourth-order valence-electron chi connectivity index (χ4n) is 4.24. The van der Waals surface area contributed by atoms with Gasteiger partial charge >= 0.3 is 0 Å². The van der Waals surface area contributed by atoms with Crippen molar-refractivity contribution in [2.24, 2.45) is 17.6 Å². The Labute approximate surface area is 157 Å². The number of methoxy groups -OCH3 is 2. The van der Waals surface area contributed by atoms with Gasteiger partial charge in [0.05, 0.1) is 25.2 Å². The minimum atomic E-state index is 0. The molecule has 1 aromatic carbocycles. The Morgan fingerprint density at radius 1 is 1.20 bits per heavy atom. The van der Waals surface area contributed by atoms with Crippen molar-refractivity contribution in [3.05, 3.63) is 23.0 Å². The predicted octanol–water partition coefficient (Wildman–Crippen LogP) is 3.67. The highest BCUT2D eigenvalue weighted by Crippen LogP contribution is 2.52. The van der Waals surface area contributed by atoms with Gasteiger partial charge in [-0.2, -0.15) is 4.98 Å². The quantitative estimate of drug-likeness (QED) is 0.863. The topological polar surface area (TPSA) is 83.4 Å². The lowest BCUT2D eigenvalue weighted by Crippen LogP contribution is -2.34. The fraction of sp³-hybridized carbons (Fsp3) is 0.529. The molecule has 2 saturated carbocycles. The molecule has 4 atom stereocenters. The summed E-state index contributed by atoms with van der Waals surface area (Å²) in [5, 5.41) is 4.56. The van der Waals surface area contributed by atoms with E-state index in [1.807, 2.05) is 0 Å². The maximum absolute atomic E-state index is 6.37. The van der Waals surface area contributed by atoms with Crippen LogP contribution in [0.15, 0.2) is 16.7 Å². The van der Waals surface area contributed by atoms with Gasteiger partial charge in [-0.1, -0.05) is 16.8 Å². The van der Waals surface area contributed by atoms with Crippen LogP contribution in [0.25, 0.3) is 11.4 Å². The number of fused-ring (bicyclic) bond motifs is 2. The van der Waals surface area contributed by atoms with Crippen molar-refractivity contribution in [2.45, 2.75) is 31.2 Å². The van der Waals surface area contributed by atoms with Crippen molar-refractivity contribution < 1.29 is 14.0 Å². The summed E-state index contributed by atoms with van der Waals surface area (Å²) in [6.07, 6.45) is 3.59. The van der Waals surface area contributed by atoms with Crippen molar-refractivity contribution in [3.8, 4) is 22.9 Å². The van der Waals surface area contributed by atoms with Gasteiger partial charge in [0.2, 0.25) is 11.7 Å². The maximum Gasteiger partial charge on any atom is 0.231 e. The molecular weight excluding hydrogens is 365 g/mol. The molecule has 6 nitrogen and oxygen atoms in total. The van der Waals surface area contributed by atoms with Crippen LogP contribution in [-0.2, 0) is 0 Å². The number of aromatic nitrogens is 2. The Kier molecular flexibility index (Phi) is 5.14. The average molecular weight is 386 g/mol. The molecule has 2 aliphatic carbocycles. The molecule has 25 heavy (non-hydrogen) atoms. The highest BCUT2D eigenvalue weighted by Gasteiger charge is 2.48. The molecule has 1 aromatic heterocycles. The zero-order valence-electron chi connectivity index (χ0n) is 14.1. The largest absolute Gasteiger partial charge is 0.493 e. The van der Waals surface area contributed by atoms with Crippen LogP contribution in [0.3, 0.4) is 0 Å². The highest BCUT2D eigenvalue weighted by atomic mass is 35.5. The molecule has 0 spiro atoms. The summed E-state index contributed by atoms with van der Waals surface area (Å²) in [5.41, 5.74) is 7.09. The number of halogens is 2. The summed E-state index contributed by atoms with van der Waals surface area (Å²) in [7, 11) is 3.11. The molecule has 136 valence electrons. The molecule has 0 amide bonds. The van der Waals surface area contributed by atoms with E-state index in [1.54, 1.807) is 26.4 Å². The van der Waals surface area contributed by atoms with Gasteiger partial charge in [-0.25, -0.2) is 0 Å². The minimum absolute atomic E-state index is 0. The van der Waals surface area contributed by atoms with E-state index in [-0.39, 0.29) is 24.4 Å². The van der Waals surface area contributed by atoms with Gasteiger partial charge in [0, 0.05) is 11.6 Å². The van der Waals surface area contributed by atoms with Crippen LogP contribution in [0.5, 0.6) is 11.5 Å². The number of rotatable bonds is 4. The lowest BCUT2D eigenvalue weighted by atomic mass is 9.85. The second-order valence-corrected chi connectivity index (χ2v) is 6.99. The normalized spacial score (nSPS) is 27.2. The number of hydrogen-bond acceptors (Lipinski definition) is 6. The van der Waals surface area contributed by atoms with Crippen molar-refractivity contribution in [1.82, 2.24) is 10.1 Å². The van der Waals surface area contributed by atoms with Gasteiger partial charge in [-0.3, -0.25) is 0 Å².